The number of hydrogen-bond donors (Lipinski definition) is 1. The Kier molecular flexibility index (Phi) is 6.03. The Bertz CT molecular complexity index is 841. The van der Waals surface area contributed by atoms with Crippen molar-refractivity contribution in [2.24, 2.45) is 0 Å². The normalized spacial score (nSPS) is 11.0. The number of sulfonamides is 1. The Morgan fingerprint density at radius 2 is 1.68 bits per heavy atom. The molecule has 0 spiro atoms. The van der Waals surface area contributed by atoms with E-state index in [1.165, 1.54) is 12.1 Å². The average Bonchev–Trinajstić information content (AvgIpc) is 2.49. The number of carbonyl (C=O) groups is 1. The lowest BCUT2D eigenvalue weighted by Gasteiger charge is -2.11. The second kappa shape index (κ2) is 8.02. The van der Waals surface area contributed by atoms with E-state index >= 15 is 0 Å². The van der Waals surface area contributed by atoms with Crippen molar-refractivity contribution in [1.82, 2.24) is 0 Å². The van der Waals surface area contributed by atoms with E-state index in [9.17, 15) is 13.2 Å². The van der Waals surface area contributed by atoms with Gasteiger partial charge >= 0.3 is 5.97 Å². The lowest BCUT2D eigenvalue weighted by Crippen LogP contribution is -2.16. The summed E-state index contributed by atoms with van der Waals surface area (Å²) in [5.74, 6) is 0.100. The number of rotatable bonds is 7. The highest BCUT2D eigenvalue weighted by molar-refractivity contribution is 7.92. The number of esters is 1. The number of ether oxygens (including phenoxy) is 2. The summed E-state index contributed by atoms with van der Waals surface area (Å²) >= 11 is 0. The Morgan fingerprint density at radius 3 is 2.32 bits per heavy atom. The number of hydrogen-bond acceptors (Lipinski definition) is 5. The maximum absolute atomic E-state index is 12.2. The van der Waals surface area contributed by atoms with E-state index in [1.54, 1.807) is 12.1 Å². The van der Waals surface area contributed by atoms with Gasteiger partial charge in [0.25, 0.3) is 0 Å². The van der Waals surface area contributed by atoms with Gasteiger partial charge in [-0.05, 0) is 49.2 Å². The molecule has 0 aliphatic rings. The molecule has 2 aromatic carbocycles. The van der Waals surface area contributed by atoms with Gasteiger partial charge in [0.2, 0.25) is 10.0 Å². The highest BCUT2D eigenvalue weighted by Crippen LogP contribution is 2.18. The summed E-state index contributed by atoms with van der Waals surface area (Å²) in [7, 11) is -3.49. The SMILES string of the molecule is Cc1cc(C)cc(OCCOC(=O)c2ccccc2NS(C)(=O)=O)c1. The van der Waals surface area contributed by atoms with Gasteiger partial charge in [0.1, 0.15) is 19.0 Å². The van der Waals surface area contributed by atoms with Gasteiger partial charge in [0.05, 0.1) is 17.5 Å². The maximum atomic E-state index is 12.2. The number of benzene rings is 2. The summed E-state index contributed by atoms with van der Waals surface area (Å²) in [6.45, 7) is 4.21. The number of nitrogens with one attached hydrogen (secondary N) is 1. The molecule has 0 amide bonds. The van der Waals surface area contributed by atoms with Gasteiger partial charge in [-0.15, -0.1) is 0 Å². The van der Waals surface area contributed by atoms with Crippen LogP contribution in [0.5, 0.6) is 5.75 Å². The van der Waals surface area contributed by atoms with E-state index in [4.69, 9.17) is 9.47 Å². The van der Waals surface area contributed by atoms with Crippen LogP contribution in [0.1, 0.15) is 21.5 Å². The first-order valence-corrected chi connectivity index (χ1v) is 9.59. The average molecular weight is 363 g/mol. The molecule has 6 nitrogen and oxygen atoms in total. The standard InChI is InChI=1S/C18H21NO5S/c1-13-10-14(2)12-15(11-13)23-8-9-24-18(20)16-6-4-5-7-17(16)19-25(3,21)22/h4-7,10-12,19H,8-9H2,1-3H3. The van der Waals surface area contributed by atoms with Crippen molar-refractivity contribution >= 4 is 21.7 Å². The van der Waals surface area contributed by atoms with Gasteiger partial charge in [-0.3, -0.25) is 4.72 Å². The Hall–Kier alpha value is -2.54. The van der Waals surface area contributed by atoms with Crippen molar-refractivity contribution in [1.29, 1.82) is 0 Å². The van der Waals surface area contributed by atoms with Crippen molar-refractivity contribution in [2.75, 3.05) is 24.2 Å². The molecule has 2 aromatic rings. The van der Waals surface area contributed by atoms with Crippen LogP contribution in [-0.2, 0) is 14.8 Å². The van der Waals surface area contributed by atoms with Gasteiger partial charge in [-0.1, -0.05) is 18.2 Å². The van der Waals surface area contributed by atoms with Gasteiger partial charge in [0, 0.05) is 0 Å². The van der Waals surface area contributed by atoms with Crippen LogP contribution in [-0.4, -0.2) is 33.9 Å². The second-order valence-electron chi connectivity index (χ2n) is 5.73. The summed E-state index contributed by atoms with van der Waals surface area (Å²) in [6.07, 6.45) is 1.02. The fourth-order valence-corrected chi connectivity index (χ4v) is 2.92. The molecule has 2 rings (SSSR count). The van der Waals surface area contributed by atoms with Crippen LogP contribution in [0, 0.1) is 13.8 Å². The van der Waals surface area contributed by atoms with E-state index in [1.807, 2.05) is 32.0 Å². The molecule has 0 fully saturated rings. The summed E-state index contributed by atoms with van der Waals surface area (Å²) in [5, 5.41) is 0. The molecule has 0 saturated carbocycles. The molecule has 0 bridgehead atoms. The number of para-hydroxylation sites is 1. The molecule has 0 heterocycles. The monoisotopic (exact) mass is 363 g/mol. The highest BCUT2D eigenvalue weighted by atomic mass is 32.2. The van der Waals surface area contributed by atoms with Gasteiger partial charge < -0.3 is 9.47 Å². The predicted octanol–water partition coefficient (Wildman–Crippen LogP) is 2.91. The van der Waals surface area contributed by atoms with Gasteiger partial charge in [-0.2, -0.15) is 0 Å². The molecule has 7 heteroatoms. The minimum absolute atomic E-state index is 0.0546. The molecule has 1 N–H and O–H groups in total. The number of aryl methyl sites for hydroxylation is 2. The quantitative estimate of drug-likeness (QED) is 0.604. The fourth-order valence-electron chi connectivity index (χ4n) is 2.34. The van der Waals surface area contributed by atoms with Crippen molar-refractivity contribution in [3.05, 3.63) is 59.2 Å². The van der Waals surface area contributed by atoms with Crippen LogP contribution in [0.4, 0.5) is 5.69 Å². The Morgan fingerprint density at radius 1 is 1.04 bits per heavy atom. The Labute approximate surface area is 147 Å². The number of anilines is 1. The van der Waals surface area contributed by atoms with Crippen molar-refractivity contribution in [2.45, 2.75) is 13.8 Å². The number of carbonyl (C=O) groups excluding carboxylic acids is 1. The zero-order valence-corrected chi connectivity index (χ0v) is 15.2. The maximum Gasteiger partial charge on any atom is 0.340 e. The largest absolute Gasteiger partial charge is 0.490 e. The minimum Gasteiger partial charge on any atom is -0.490 e. The third kappa shape index (κ3) is 6.11. The molecule has 0 aliphatic carbocycles. The summed E-state index contributed by atoms with van der Waals surface area (Å²) in [4.78, 5) is 12.2. The Balaban J connectivity index is 1.92. The summed E-state index contributed by atoms with van der Waals surface area (Å²) in [6, 6.07) is 12.1. The van der Waals surface area contributed by atoms with Gasteiger partial charge in [-0.25, -0.2) is 13.2 Å². The summed E-state index contributed by atoms with van der Waals surface area (Å²) < 4.78 is 35.8. The third-order valence-electron chi connectivity index (χ3n) is 3.22. The van der Waals surface area contributed by atoms with Crippen LogP contribution in [0.15, 0.2) is 42.5 Å². The summed E-state index contributed by atoms with van der Waals surface area (Å²) in [5.41, 5.74) is 2.52. The fraction of sp³-hybridized carbons (Fsp3) is 0.278. The molecular formula is C18H21NO5S. The van der Waals surface area contributed by atoms with Crippen molar-refractivity contribution < 1.29 is 22.7 Å². The second-order valence-corrected chi connectivity index (χ2v) is 7.48. The van der Waals surface area contributed by atoms with E-state index in [2.05, 4.69) is 4.72 Å². The molecule has 0 saturated heterocycles. The predicted molar refractivity (Wildman–Crippen MR) is 96.6 cm³/mol. The van der Waals surface area contributed by atoms with Crippen molar-refractivity contribution in [3.63, 3.8) is 0 Å². The highest BCUT2D eigenvalue weighted by Gasteiger charge is 2.14. The van der Waals surface area contributed by atoms with Gasteiger partial charge in [0.15, 0.2) is 0 Å². The first kappa shape index (κ1) is 18.8. The van der Waals surface area contributed by atoms with Crippen LogP contribution in [0.25, 0.3) is 0 Å². The van der Waals surface area contributed by atoms with Crippen LogP contribution in [0.2, 0.25) is 0 Å². The molecular weight excluding hydrogens is 342 g/mol. The van der Waals surface area contributed by atoms with Crippen LogP contribution >= 0.6 is 0 Å². The zero-order chi connectivity index (χ0) is 18.4. The van der Waals surface area contributed by atoms with Crippen LogP contribution < -0.4 is 9.46 Å². The van der Waals surface area contributed by atoms with E-state index in [0.717, 1.165) is 17.4 Å². The molecule has 0 aromatic heterocycles. The van der Waals surface area contributed by atoms with E-state index < -0.39 is 16.0 Å². The molecule has 0 radical (unpaired) electrons. The minimum atomic E-state index is -3.49. The van der Waals surface area contributed by atoms with Crippen LogP contribution in [0.3, 0.4) is 0 Å². The first-order valence-electron chi connectivity index (χ1n) is 7.69. The van der Waals surface area contributed by atoms with Crippen molar-refractivity contribution in [3.8, 4) is 5.75 Å². The first-order chi connectivity index (χ1) is 11.7. The van der Waals surface area contributed by atoms with E-state index in [0.29, 0.717) is 5.75 Å². The smallest absolute Gasteiger partial charge is 0.340 e. The molecule has 134 valence electrons. The molecule has 0 unspecified atom stereocenters. The topological polar surface area (TPSA) is 81.7 Å². The molecule has 0 atom stereocenters. The zero-order valence-electron chi connectivity index (χ0n) is 14.4. The third-order valence-corrected chi connectivity index (χ3v) is 3.81. The van der Waals surface area contributed by atoms with E-state index in [-0.39, 0.29) is 24.5 Å². The molecule has 25 heavy (non-hydrogen) atoms. The lowest BCUT2D eigenvalue weighted by atomic mass is 10.1. The molecule has 0 aliphatic heterocycles. The lowest BCUT2D eigenvalue weighted by molar-refractivity contribution is 0.0451.